The summed E-state index contributed by atoms with van der Waals surface area (Å²) in [7, 11) is 0. The quantitative estimate of drug-likeness (QED) is 0.765. The Kier molecular flexibility index (Phi) is 4.60. The van der Waals surface area contributed by atoms with Crippen molar-refractivity contribution in [3.05, 3.63) is 18.2 Å². The van der Waals surface area contributed by atoms with Crippen LogP contribution in [0.15, 0.2) is 12.5 Å². The summed E-state index contributed by atoms with van der Waals surface area (Å²) in [6.45, 7) is 5.73. The minimum atomic E-state index is 0.533. The van der Waals surface area contributed by atoms with E-state index in [1.807, 2.05) is 12.5 Å². The smallest absolute Gasteiger partial charge is 0.0951 e. The van der Waals surface area contributed by atoms with Crippen molar-refractivity contribution in [2.45, 2.75) is 64.5 Å². The van der Waals surface area contributed by atoms with Crippen LogP contribution in [-0.4, -0.2) is 16.1 Å². The summed E-state index contributed by atoms with van der Waals surface area (Å²) >= 11 is 0. The highest BCUT2D eigenvalue weighted by Crippen LogP contribution is 2.26. The largest absolute Gasteiger partial charge is 0.330 e. The van der Waals surface area contributed by atoms with Crippen LogP contribution in [0.5, 0.6) is 0 Å². The molecule has 1 aromatic heterocycles. The van der Waals surface area contributed by atoms with Crippen molar-refractivity contribution >= 4 is 0 Å². The first-order valence-corrected chi connectivity index (χ1v) is 7.08. The number of rotatable bonds is 6. The molecule has 2 rings (SSSR count). The summed E-state index contributed by atoms with van der Waals surface area (Å²) in [4.78, 5) is 4.34. The summed E-state index contributed by atoms with van der Waals surface area (Å²) < 4.78 is 2.37. The number of imidazole rings is 1. The Hall–Kier alpha value is -0.830. The molecule has 1 fully saturated rings. The zero-order valence-electron chi connectivity index (χ0n) is 11.2. The molecule has 1 aromatic rings. The first kappa shape index (κ1) is 12.6. The van der Waals surface area contributed by atoms with E-state index in [0.29, 0.717) is 12.1 Å². The van der Waals surface area contributed by atoms with Crippen LogP contribution in [0.4, 0.5) is 0 Å². The van der Waals surface area contributed by atoms with Crippen LogP contribution >= 0.6 is 0 Å². The van der Waals surface area contributed by atoms with Gasteiger partial charge in [0.05, 0.1) is 12.0 Å². The number of unbranched alkanes of at least 4 members (excludes halogenated alkanes) is 2. The second-order valence-corrected chi connectivity index (χ2v) is 5.22. The van der Waals surface area contributed by atoms with Gasteiger partial charge in [0.15, 0.2) is 0 Å². The Bertz CT molecular complexity index is 326. The van der Waals surface area contributed by atoms with Crippen LogP contribution in [0.25, 0.3) is 0 Å². The molecule has 0 saturated carbocycles. The van der Waals surface area contributed by atoms with Crippen LogP contribution in [0, 0.1) is 0 Å². The van der Waals surface area contributed by atoms with E-state index in [9.17, 15) is 0 Å². The third-order valence-corrected chi connectivity index (χ3v) is 3.81. The van der Waals surface area contributed by atoms with Crippen molar-refractivity contribution in [2.75, 3.05) is 6.54 Å². The predicted molar refractivity (Wildman–Crippen MR) is 71.1 cm³/mol. The molecular weight excluding hydrogens is 210 g/mol. The first-order valence-electron chi connectivity index (χ1n) is 7.08. The molecule has 1 saturated heterocycles. The van der Waals surface area contributed by atoms with Crippen LogP contribution in [-0.2, 0) is 0 Å². The van der Waals surface area contributed by atoms with Gasteiger partial charge in [-0.15, -0.1) is 0 Å². The molecule has 3 nitrogen and oxygen atoms in total. The highest BCUT2D eigenvalue weighted by molar-refractivity contribution is 5.08. The lowest BCUT2D eigenvalue weighted by atomic mass is 10.1. The lowest BCUT2D eigenvalue weighted by Gasteiger charge is -2.19. The van der Waals surface area contributed by atoms with E-state index in [2.05, 4.69) is 28.7 Å². The van der Waals surface area contributed by atoms with Gasteiger partial charge in [-0.3, -0.25) is 0 Å². The van der Waals surface area contributed by atoms with Gasteiger partial charge < -0.3 is 9.88 Å². The maximum atomic E-state index is 4.34. The fourth-order valence-electron chi connectivity index (χ4n) is 2.72. The minimum Gasteiger partial charge on any atom is -0.330 e. The number of hydrogen-bond acceptors (Lipinski definition) is 2. The number of aromatic nitrogens is 2. The monoisotopic (exact) mass is 235 g/mol. The molecule has 96 valence electrons. The third-order valence-electron chi connectivity index (χ3n) is 3.81. The van der Waals surface area contributed by atoms with Gasteiger partial charge in [0, 0.05) is 18.3 Å². The Labute approximate surface area is 105 Å². The van der Waals surface area contributed by atoms with E-state index in [4.69, 9.17) is 0 Å². The van der Waals surface area contributed by atoms with Crippen molar-refractivity contribution in [1.82, 2.24) is 14.9 Å². The maximum absolute atomic E-state index is 4.34. The molecule has 3 heteroatoms. The van der Waals surface area contributed by atoms with E-state index in [0.717, 1.165) is 6.54 Å². The fourth-order valence-corrected chi connectivity index (χ4v) is 2.72. The minimum absolute atomic E-state index is 0.533. The average molecular weight is 235 g/mol. The molecule has 0 aromatic carbocycles. The SMILES string of the molecule is CCCCCC(C)n1cncc1C1CCCN1. The third kappa shape index (κ3) is 3.09. The van der Waals surface area contributed by atoms with Crippen molar-refractivity contribution in [2.24, 2.45) is 0 Å². The molecule has 1 aliphatic heterocycles. The van der Waals surface area contributed by atoms with Gasteiger partial charge >= 0.3 is 0 Å². The Morgan fingerprint density at radius 1 is 1.53 bits per heavy atom. The zero-order chi connectivity index (χ0) is 12.1. The van der Waals surface area contributed by atoms with Crippen molar-refractivity contribution in [3.63, 3.8) is 0 Å². The van der Waals surface area contributed by atoms with Gasteiger partial charge in [-0.2, -0.15) is 0 Å². The Balaban J connectivity index is 1.97. The molecule has 0 aliphatic carbocycles. The summed E-state index contributed by atoms with van der Waals surface area (Å²) in [6, 6.07) is 1.12. The van der Waals surface area contributed by atoms with E-state index in [1.165, 1.54) is 44.2 Å². The van der Waals surface area contributed by atoms with Gasteiger partial charge in [0.25, 0.3) is 0 Å². The molecular formula is C14H25N3. The van der Waals surface area contributed by atoms with Crippen LogP contribution in [0.1, 0.15) is 70.2 Å². The van der Waals surface area contributed by atoms with Crippen molar-refractivity contribution in [1.29, 1.82) is 0 Å². The second kappa shape index (κ2) is 6.20. The normalized spacial score (nSPS) is 21.9. The standard InChI is InChI=1S/C14H25N3/c1-3-4-5-7-12(2)17-11-15-10-14(17)13-8-6-9-16-13/h10-13,16H,3-9H2,1-2H3. The van der Waals surface area contributed by atoms with Gasteiger partial charge in [-0.25, -0.2) is 4.98 Å². The first-order chi connectivity index (χ1) is 8.33. The van der Waals surface area contributed by atoms with Gasteiger partial charge in [-0.1, -0.05) is 26.2 Å². The predicted octanol–water partition coefficient (Wildman–Crippen LogP) is 3.45. The summed E-state index contributed by atoms with van der Waals surface area (Å²) in [5, 5.41) is 3.56. The van der Waals surface area contributed by atoms with Gasteiger partial charge in [0.2, 0.25) is 0 Å². The van der Waals surface area contributed by atoms with Crippen LogP contribution in [0.2, 0.25) is 0 Å². The second-order valence-electron chi connectivity index (χ2n) is 5.22. The number of nitrogens with zero attached hydrogens (tertiary/aromatic N) is 2. The molecule has 0 bridgehead atoms. The fraction of sp³-hybridized carbons (Fsp3) is 0.786. The number of nitrogens with one attached hydrogen (secondary N) is 1. The Morgan fingerprint density at radius 2 is 2.41 bits per heavy atom. The summed E-state index contributed by atoms with van der Waals surface area (Å²) in [6.07, 6.45) is 11.8. The van der Waals surface area contributed by atoms with Gasteiger partial charge in [-0.05, 0) is 32.7 Å². The molecule has 2 atom stereocenters. The molecule has 0 radical (unpaired) electrons. The molecule has 0 spiro atoms. The van der Waals surface area contributed by atoms with E-state index < -0.39 is 0 Å². The van der Waals surface area contributed by atoms with Crippen molar-refractivity contribution < 1.29 is 0 Å². The highest BCUT2D eigenvalue weighted by atomic mass is 15.1. The number of hydrogen-bond donors (Lipinski definition) is 1. The van der Waals surface area contributed by atoms with Crippen LogP contribution < -0.4 is 5.32 Å². The molecule has 1 N–H and O–H groups in total. The molecule has 2 unspecified atom stereocenters. The van der Waals surface area contributed by atoms with Gasteiger partial charge in [0.1, 0.15) is 0 Å². The topological polar surface area (TPSA) is 29.9 Å². The lowest BCUT2D eigenvalue weighted by molar-refractivity contribution is 0.446. The summed E-state index contributed by atoms with van der Waals surface area (Å²) in [5.74, 6) is 0. The molecule has 1 aliphatic rings. The van der Waals surface area contributed by atoms with Crippen LogP contribution in [0.3, 0.4) is 0 Å². The average Bonchev–Trinajstić information content (AvgIpc) is 2.99. The molecule has 2 heterocycles. The Morgan fingerprint density at radius 3 is 3.12 bits per heavy atom. The lowest BCUT2D eigenvalue weighted by Crippen LogP contribution is -2.18. The van der Waals surface area contributed by atoms with E-state index in [1.54, 1.807) is 0 Å². The van der Waals surface area contributed by atoms with E-state index >= 15 is 0 Å². The zero-order valence-corrected chi connectivity index (χ0v) is 11.2. The molecule has 0 amide bonds. The maximum Gasteiger partial charge on any atom is 0.0951 e. The van der Waals surface area contributed by atoms with Crippen molar-refractivity contribution in [3.8, 4) is 0 Å². The highest BCUT2D eigenvalue weighted by Gasteiger charge is 2.21. The molecule has 17 heavy (non-hydrogen) atoms. The summed E-state index contributed by atoms with van der Waals surface area (Å²) in [5.41, 5.74) is 1.38. The van der Waals surface area contributed by atoms with E-state index in [-0.39, 0.29) is 0 Å².